The van der Waals surface area contributed by atoms with Gasteiger partial charge in [0, 0.05) is 17.6 Å². The average Bonchev–Trinajstić information content (AvgIpc) is 2.96. The molecular weight excluding hydrogens is 565 g/mol. The zero-order valence-electron chi connectivity index (χ0n) is 23.2. The highest BCUT2D eigenvalue weighted by molar-refractivity contribution is 7.92. The summed E-state index contributed by atoms with van der Waals surface area (Å²) in [4.78, 5) is 28.7. The van der Waals surface area contributed by atoms with Crippen LogP contribution in [0.5, 0.6) is 0 Å². The van der Waals surface area contributed by atoms with Crippen LogP contribution in [0.4, 0.5) is 10.1 Å². The van der Waals surface area contributed by atoms with Gasteiger partial charge < -0.3 is 10.2 Å². The summed E-state index contributed by atoms with van der Waals surface area (Å²) in [5.41, 5.74) is 1.61. The first-order valence-electron chi connectivity index (χ1n) is 13.7. The molecular formula is C31H35ClFN3O4S. The van der Waals surface area contributed by atoms with E-state index in [0.717, 1.165) is 36.4 Å². The van der Waals surface area contributed by atoms with Crippen molar-refractivity contribution in [3.8, 4) is 0 Å². The molecule has 1 fully saturated rings. The minimum Gasteiger partial charge on any atom is -0.352 e. The Labute approximate surface area is 246 Å². The Morgan fingerprint density at radius 1 is 0.976 bits per heavy atom. The second kappa shape index (κ2) is 13.5. The van der Waals surface area contributed by atoms with Gasteiger partial charge in [-0.2, -0.15) is 0 Å². The monoisotopic (exact) mass is 599 g/mol. The van der Waals surface area contributed by atoms with Gasteiger partial charge in [-0.25, -0.2) is 12.8 Å². The fraction of sp³-hybridized carbons (Fsp3) is 0.355. The first-order valence-corrected chi connectivity index (χ1v) is 15.6. The molecule has 3 aromatic carbocycles. The quantitative estimate of drug-likeness (QED) is 0.317. The van der Waals surface area contributed by atoms with E-state index in [2.05, 4.69) is 5.32 Å². The van der Waals surface area contributed by atoms with Gasteiger partial charge in [0.05, 0.1) is 10.6 Å². The van der Waals surface area contributed by atoms with Crippen molar-refractivity contribution in [2.75, 3.05) is 10.8 Å². The van der Waals surface area contributed by atoms with Crippen LogP contribution >= 0.6 is 11.6 Å². The minimum absolute atomic E-state index is 0.000963. The molecule has 1 saturated carbocycles. The molecule has 0 bridgehead atoms. The number of nitrogens with zero attached hydrogens (tertiary/aromatic N) is 2. The Kier molecular flexibility index (Phi) is 10.0. The van der Waals surface area contributed by atoms with Gasteiger partial charge in [-0.1, -0.05) is 61.2 Å². The third kappa shape index (κ3) is 7.65. The second-order valence-electron chi connectivity index (χ2n) is 10.4. The van der Waals surface area contributed by atoms with Gasteiger partial charge in [-0.3, -0.25) is 13.9 Å². The highest BCUT2D eigenvalue weighted by atomic mass is 35.5. The van der Waals surface area contributed by atoms with E-state index in [1.165, 1.54) is 41.3 Å². The van der Waals surface area contributed by atoms with Crippen LogP contribution in [0.1, 0.15) is 50.2 Å². The molecule has 41 heavy (non-hydrogen) atoms. The number of hydrogen-bond acceptors (Lipinski definition) is 4. The Bertz CT molecular complexity index is 1460. The van der Waals surface area contributed by atoms with Gasteiger partial charge in [-0.15, -0.1) is 0 Å². The fourth-order valence-corrected chi connectivity index (χ4v) is 6.63. The van der Waals surface area contributed by atoms with Crippen LogP contribution < -0.4 is 9.62 Å². The van der Waals surface area contributed by atoms with E-state index in [1.54, 1.807) is 50.2 Å². The van der Waals surface area contributed by atoms with Crippen LogP contribution in [0.2, 0.25) is 5.02 Å². The molecule has 0 aromatic heterocycles. The lowest BCUT2D eigenvalue weighted by molar-refractivity contribution is -0.139. The van der Waals surface area contributed by atoms with Crippen molar-refractivity contribution < 1.29 is 22.4 Å². The molecule has 1 aliphatic rings. The zero-order chi connectivity index (χ0) is 29.6. The summed E-state index contributed by atoms with van der Waals surface area (Å²) in [6.45, 7) is 2.85. The summed E-state index contributed by atoms with van der Waals surface area (Å²) in [5, 5.41) is 3.45. The number of amides is 2. The number of carbonyl (C=O) groups is 2. The topological polar surface area (TPSA) is 86.8 Å². The molecule has 0 saturated heterocycles. The van der Waals surface area contributed by atoms with Crippen molar-refractivity contribution in [1.82, 2.24) is 10.2 Å². The highest BCUT2D eigenvalue weighted by Gasteiger charge is 2.33. The summed E-state index contributed by atoms with van der Waals surface area (Å²) in [6, 6.07) is 17.4. The molecule has 7 nitrogen and oxygen atoms in total. The molecule has 1 atom stereocenters. The summed E-state index contributed by atoms with van der Waals surface area (Å²) in [5.74, 6) is -1.30. The van der Waals surface area contributed by atoms with Gasteiger partial charge >= 0.3 is 0 Å². The predicted octanol–water partition coefficient (Wildman–Crippen LogP) is 5.85. The summed E-state index contributed by atoms with van der Waals surface area (Å²) >= 11 is 6.00. The highest BCUT2D eigenvalue weighted by Crippen LogP contribution is 2.28. The lowest BCUT2D eigenvalue weighted by atomic mass is 9.95. The molecule has 1 N–H and O–H groups in total. The Morgan fingerprint density at radius 2 is 1.61 bits per heavy atom. The molecule has 10 heteroatoms. The molecule has 4 rings (SSSR count). The number of rotatable bonds is 10. The predicted molar refractivity (Wildman–Crippen MR) is 159 cm³/mol. The van der Waals surface area contributed by atoms with Crippen LogP contribution in [0.25, 0.3) is 0 Å². The van der Waals surface area contributed by atoms with E-state index >= 15 is 0 Å². The molecule has 0 spiro atoms. The maximum Gasteiger partial charge on any atom is 0.264 e. The molecule has 3 aromatic rings. The standard InChI is InChI=1S/C31H35ClFN3O4S/c1-22-8-6-7-11-29(22)36(41(39,40)28-18-14-25(32)15-19-28)21-30(37)35(20-24-12-16-26(33)17-13-24)23(2)31(38)34-27-9-4-3-5-10-27/h6-8,11-19,23,27H,3-5,9-10,20-21H2,1-2H3,(H,34,38)/t23-/m0/s1. The average molecular weight is 600 g/mol. The van der Waals surface area contributed by atoms with Crippen LogP contribution in [0, 0.1) is 12.7 Å². The van der Waals surface area contributed by atoms with Crippen LogP contribution in [-0.2, 0) is 26.2 Å². The Morgan fingerprint density at radius 3 is 2.24 bits per heavy atom. The first-order chi connectivity index (χ1) is 19.6. The number of anilines is 1. The summed E-state index contributed by atoms with van der Waals surface area (Å²) in [6.07, 6.45) is 4.96. The molecule has 2 amide bonds. The SMILES string of the molecule is Cc1ccccc1N(CC(=O)N(Cc1ccc(F)cc1)[C@@H](C)C(=O)NC1CCCCC1)S(=O)(=O)c1ccc(Cl)cc1. The normalized spacial score (nSPS) is 14.7. The van der Waals surface area contributed by atoms with Gasteiger partial charge in [0.1, 0.15) is 18.4 Å². The third-order valence-corrected chi connectivity index (χ3v) is 9.48. The van der Waals surface area contributed by atoms with E-state index in [-0.39, 0.29) is 23.4 Å². The molecule has 218 valence electrons. The van der Waals surface area contributed by atoms with Crippen molar-refractivity contribution in [3.05, 3.63) is 94.8 Å². The van der Waals surface area contributed by atoms with Crippen molar-refractivity contribution in [2.45, 2.75) is 69.5 Å². The number of nitrogens with one attached hydrogen (secondary N) is 1. The van der Waals surface area contributed by atoms with Crippen LogP contribution in [0.15, 0.2) is 77.7 Å². The van der Waals surface area contributed by atoms with Crippen molar-refractivity contribution >= 4 is 39.1 Å². The van der Waals surface area contributed by atoms with E-state index < -0.39 is 34.3 Å². The number of carbonyl (C=O) groups excluding carboxylic acids is 2. The Hall–Kier alpha value is -3.43. The van der Waals surface area contributed by atoms with E-state index in [0.29, 0.717) is 21.8 Å². The number of sulfonamides is 1. The second-order valence-corrected chi connectivity index (χ2v) is 12.7. The first kappa shape index (κ1) is 30.5. The van der Waals surface area contributed by atoms with Crippen molar-refractivity contribution in [2.24, 2.45) is 0 Å². The van der Waals surface area contributed by atoms with Gasteiger partial charge in [0.25, 0.3) is 10.0 Å². The largest absolute Gasteiger partial charge is 0.352 e. The third-order valence-electron chi connectivity index (χ3n) is 7.45. The zero-order valence-corrected chi connectivity index (χ0v) is 24.8. The molecule has 0 unspecified atom stereocenters. The maximum absolute atomic E-state index is 14.0. The minimum atomic E-state index is -4.19. The molecule has 0 radical (unpaired) electrons. The molecule has 1 aliphatic carbocycles. The number of hydrogen-bond donors (Lipinski definition) is 1. The molecule has 0 heterocycles. The maximum atomic E-state index is 14.0. The number of para-hydroxylation sites is 1. The van der Waals surface area contributed by atoms with E-state index in [1.807, 2.05) is 0 Å². The van der Waals surface area contributed by atoms with Gasteiger partial charge in [0.15, 0.2) is 0 Å². The van der Waals surface area contributed by atoms with E-state index in [9.17, 15) is 22.4 Å². The summed E-state index contributed by atoms with van der Waals surface area (Å²) in [7, 11) is -4.19. The molecule has 0 aliphatic heterocycles. The van der Waals surface area contributed by atoms with Crippen LogP contribution in [-0.4, -0.2) is 43.8 Å². The van der Waals surface area contributed by atoms with Gasteiger partial charge in [0.2, 0.25) is 11.8 Å². The number of aryl methyl sites for hydroxylation is 1. The lowest BCUT2D eigenvalue weighted by Crippen LogP contribution is -2.53. The number of benzene rings is 3. The number of halogens is 2. The van der Waals surface area contributed by atoms with Crippen molar-refractivity contribution in [1.29, 1.82) is 0 Å². The lowest BCUT2D eigenvalue weighted by Gasteiger charge is -2.33. The van der Waals surface area contributed by atoms with Crippen molar-refractivity contribution in [3.63, 3.8) is 0 Å². The van der Waals surface area contributed by atoms with Gasteiger partial charge in [-0.05, 0) is 80.3 Å². The smallest absolute Gasteiger partial charge is 0.264 e. The summed E-state index contributed by atoms with van der Waals surface area (Å²) < 4.78 is 42.5. The Balaban J connectivity index is 1.68. The van der Waals surface area contributed by atoms with E-state index in [4.69, 9.17) is 11.6 Å². The van der Waals surface area contributed by atoms with Crippen LogP contribution in [0.3, 0.4) is 0 Å². The fourth-order valence-electron chi connectivity index (χ4n) is 5.03.